The van der Waals surface area contributed by atoms with Crippen LogP contribution in [0.2, 0.25) is 0 Å². The highest BCUT2D eigenvalue weighted by Gasteiger charge is 2.46. The SMILES string of the molecule is O=C(N1CCCc2ccccc21)C1(N2CCC(N3CCCCC3)CC2)C=CC=CC1. The lowest BCUT2D eigenvalue weighted by atomic mass is 9.84. The van der Waals surface area contributed by atoms with Crippen molar-refractivity contribution in [1.82, 2.24) is 9.80 Å². The van der Waals surface area contributed by atoms with Gasteiger partial charge in [0.25, 0.3) is 5.91 Å². The third kappa shape index (κ3) is 3.65. The van der Waals surface area contributed by atoms with Crippen LogP contribution in [-0.4, -0.2) is 60.0 Å². The first kappa shape index (κ1) is 20.0. The molecule has 0 N–H and O–H groups in total. The number of aryl methyl sites for hydroxylation is 1. The average Bonchev–Trinajstić information content (AvgIpc) is 2.84. The highest BCUT2D eigenvalue weighted by atomic mass is 16.2. The minimum absolute atomic E-state index is 0.270. The van der Waals surface area contributed by atoms with Gasteiger partial charge >= 0.3 is 0 Å². The second-order valence-electron chi connectivity index (χ2n) is 9.42. The summed E-state index contributed by atoms with van der Waals surface area (Å²) in [7, 11) is 0. The highest BCUT2D eigenvalue weighted by Crippen LogP contribution is 2.36. The molecule has 1 aromatic rings. The van der Waals surface area contributed by atoms with Gasteiger partial charge in [0, 0.05) is 31.4 Å². The maximum atomic E-state index is 14.1. The van der Waals surface area contributed by atoms with E-state index in [2.05, 4.69) is 63.3 Å². The van der Waals surface area contributed by atoms with Crippen molar-refractivity contribution in [3.05, 3.63) is 54.1 Å². The van der Waals surface area contributed by atoms with Crippen molar-refractivity contribution in [1.29, 1.82) is 0 Å². The number of hydrogen-bond acceptors (Lipinski definition) is 3. The largest absolute Gasteiger partial charge is 0.310 e. The maximum absolute atomic E-state index is 14.1. The van der Waals surface area contributed by atoms with E-state index in [4.69, 9.17) is 0 Å². The van der Waals surface area contributed by atoms with Gasteiger partial charge in [-0.25, -0.2) is 0 Å². The Morgan fingerprint density at radius 1 is 0.900 bits per heavy atom. The fourth-order valence-corrected chi connectivity index (χ4v) is 6.03. The summed E-state index contributed by atoms with van der Waals surface area (Å²) in [5.74, 6) is 0.270. The molecule has 4 heteroatoms. The lowest BCUT2D eigenvalue weighted by Gasteiger charge is -2.49. The van der Waals surface area contributed by atoms with Gasteiger partial charge in [0.15, 0.2) is 0 Å². The van der Waals surface area contributed by atoms with E-state index < -0.39 is 5.54 Å². The van der Waals surface area contributed by atoms with Crippen LogP contribution in [0.25, 0.3) is 0 Å². The molecule has 1 aliphatic carbocycles. The lowest BCUT2D eigenvalue weighted by Crippen LogP contribution is -2.62. The topological polar surface area (TPSA) is 26.8 Å². The minimum Gasteiger partial charge on any atom is -0.310 e. The monoisotopic (exact) mass is 405 g/mol. The first-order chi connectivity index (χ1) is 14.8. The molecule has 0 saturated carbocycles. The van der Waals surface area contributed by atoms with Gasteiger partial charge in [-0.3, -0.25) is 9.69 Å². The van der Waals surface area contributed by atoms with E-state index in [9.17, 15) is 4.79 Å². The molecule has 160 valence electrons. The molecule has 4 nitrogen and oxygen atoms in total. The van der Waals surface area contributed by atoms with Crippen molar-refractivity contribution in [2.24, 2.45) is 0 Å². The lowest BCUT2D eigenvalue weighted by molar-refractivity contribution is -0.129. The van der Waals surface area contributed by atoms with Crippen LogP contribution in [0.5, 0.6) is 0 Å². The summed E-state index contributed by atoms with van der Waals surface area (Å²) >= 11 is 0. The van der Waals surface area contributed by atoms with Crippen molar-refractivity contribution < 1.29 is 4.79 Å². The van der Waals surface area contributed by atoms with Gasteiger partial charge in [-0.05, 0) is 69.7 Å². The normalized spacial score (nSPS) is 28.5. The molecule has 2 saturated heterocycles. The van der Waals surface area contributed by atoms with E-state index in [0.717, 1.165) is 44.6 Å². The third-order valence-corrected chi connectivity index (χ3v) is 7.71. The molecule has 30 heavy (non-hydrogen) atoms. The van der Waals surface area contributed by atoms with E-state index in [1.54, 1.807) is 0 Å². The number of allylic oxidation sites excluding steroid dienone is 2. The summed E-state index contributed by atoms with van der Waals surface area (Å²) in [6.45, 7) is 5.39. The van der Waals surface area contributed by atoms with Crippen LogP contribution in [0.15, 0.2) is 48.6 Å². The number of nitrogens with zero attached hydrogens (tertiary/aromatic N) is 3. The highest BCUT2D eigenvalue weighted by molar-refractivity contribution is 6.03. The molecule has 4 aliphatic rings. The number of hydrogen-bond donors (Lipinski definition) is 0. The van der Waals surface area contributed by atoms with Gasteiger partial charge in [0.1, 0.15) is 5.54 Å². The smallest absolute Gasteiger partial charge is 0.251 e. The predicted octanol–water partition coefficient (Wildman–Crippen LogP) is 4.17. The van der Waals surface area contributed by atoms with Crippen LogP contribution in [0, 0.1) is 0 Å². The number of amides is 1. The molecule has 3 aliphatic heterocycles. The number of likely N-dealkylation sites (tertiary alicyclic amines) is 2. The van der Waals surface area contributed by atoms with Crippen LogP contribution in [-0.2, 0) is 11.2 Å². The second kappa shape index (κ2) is 8.68. The molecule has 5 rings (SSSR count). The minimum atomic E-state index is -0.522. The van der Waals surface area contributed by atoms with E-state index in [-0.39, 0.29) is 5.91 Å². The summed E-state index contributed by atoms with van der Waals surface area (Å²) in [6.07, 6.45) is 17.9. The second-order valence-corrected chi connectivity index (χ2v) is 9.42. The van der Waals surface area contributed by atoms with E-state index in [1.807, 2.05) is 0 Å². The Hall–Kier alpha value is -1.91. The maximum Gasteiger partial charge on any atom is 0.251 e. The number of fused-ring (bicyclic) bond motifs is 1. The molecular formula is C26H35N3O. The Morgan fingerprint density at radius 2 is 1.70 bits per heavy atom. The van der Waals surface area contributed by atoms with Crippen LogP contribution in [0.3, 0.4) is 0 Å². The number of rotatable bonds is 3. The van der Waals surface area contributed by atoms with Crippen LogP contribution in [0.4, 0.5) is 5.69 Å². The predicted molar refractivity (Wildman–Crippen MR) is 123 cm³/mol. The summed E-state index contributed by atoms with van der Waals surface area (Å²) in [5, 5.41) is 0. The molecule has 0 aromatic heterocycles. The standard InChI is InChI=1S/C26H35N3O/c30-25(29-19-9-11-22-10-3-4-12-24(22)29)26(15-5-1-6-16-26)28-20-13-23(14-21-28)27-17-7-2-8-18-27/h1,3-6,10,12,15,23H,2,7-9,11,13-14,16-21H2. The van der Waals surface area contributed by atoms with E-state index >= 15 is 0 Å². The van der Waals surface area contributed by atoms with Gasteiger partial charge < -0.3 is 9.80 Å². The van der Waals surface area contributed by atoms with Crippen molar-refractivity contribution in [3.8, 4) is 0 Å². The fourth-order valence-electron chi connectivity index (χ4n) is 6.03. The zero-order chi connectivity index (χ0) is 20.4. The van der Waals surface area contributed by atoms with Gasteiger partial charge in [-0.1, -0.05) is 48.9 Å². The molecule has 2 fully saturated rings. The van der Waals surface area contributed by atoms with Crippen molar-refractivity contribution in [3.63, 3.8) is 0 Å². The molecule has 0 spiro atoms. The van der Waals surface area contributed by atoms with Gasteiger partial charge in [-0.2, -0.15) is 0 Å². The van der Waals surface area contributed by atoms with Gasteiger partial charge in [0.05, 0.1) is 0 Å². The molecular weight excluding hydrogens is 370 g/mol. The van der Waals surface area contributed by atoms with Crippen LogP contribution < -0.4 is 4.90 Å². The van der Waals surface area contributed by atoms with Crippen LogP contribution >= 0.6 is 0 Å². The molecule has 1 amide bonds. The number of piperidine rings is 2. The first-order valence-electron chi connectivity index (χ1n) is 12.0. The summed E-state index contributed by atoms with van der Waals surface area (Å²) < 4.78 is 0. The molecule has 0 bridgehead atoms. The molecule has 1 aromatic carbocycles. The molecule has 1 atom stereocenters. The van der Waals surface area contributed by atoms with Crippen molar-refractivity contribution in [2.75, 3.05) is 37.6 Å². The number of carbonyl (C=O) groups is 1. The fraction of sp³-hybridized carbons (Fsp3) is 0.577. The summed E-state index contributed by atoms with van der Waals surface area (Å²) in [6, 6.07) is 9.18. The average molecular weight is 406 g/mol. The zero-order valence-electron chi connectivity index (χ0n) is 18.1. The van der Waals surface area contributed by atoms with Gasteiger partial charge in [-0.15, -0.1) is 0 Å². The number of benzene rings is 1. The molecule has 0 radical (unpaired) electrons. The van der Waals surface area contributed by atoms with Crippen molar-refractivity contribution >= 4 is 11.6 Å². The summed E-state index contributed by atoms with van der Waals surface area (Å²) in [4.78, 5) is 21.4. The molecule has 3 heterocycles. The van der Waals surface area contributed by atoms with Crippen LogP contribution in [0.1, 0.15) is 50.5 Å². The summed E-state index contributed by atoms with van der Waals surface area (Å²) in [5.41, 5.74) is 1.91. The van der Waals surface area contributed by atoms with Gasteiger partial charge in [0.2, 0.25) is 0 Å². The molecule has 1 unspecified atom stereocenters. The zero-order valence-corrected chi connectivity index (χ0v) is 18.1. The Labute approximate surface area is 181 Å². The first-order valence-corrected chi connectivity index (χ1v) is 12.0. The van der Waals surface area contributed by atoms with E-state index in [0.29, 0.717) is 6.04 Å². The Balaban J connectivity index is 1.36. The Bertz CT molecular complexity index is 817. The quantitative estimate of drug-likeness (QED) is 0.755. The van der Waals surface area contributed by atoms with E-state index in [1.165, 1.54) is 50.8 Å². The Morgan fingerprint density at radius 3 is 2.47 bits per heavy atom. The van der Waals surface area contributed by atoms with Crippen molar-refractivity contribution in [2.45, 2.75) is 62.9 Å². The third-order valence-electron chi connectivity index (χ3n) is 7.71. The Kier molecular flexibility index (Phi) is 5.79. The number of para-hydroxylation sites is 1. The number of carbonyl (C=O) groups excluding carboxylic acids is 1. The number of anilines is 1.